The van der Waals surface area contributed by atoms with E-state index in [0.717, 1.165) is 16.9 Å². The van der Waals surface area contributed by atoms with Crippen LogP contribution in [0, 0.1) is 18.3 Å². The summed E-state index contributed by atoms with van der Waals surface area (Å²) in [7, 11) is 1.61. The first-order valence-electron chi connectivity index (χ1n) is 6.10. The Morgan fingerprint density at radius 2 is 1.95 bits per heavy atom. The van der Waals surface area contributed by atoms with E-state index < -0.39 is 0 Å². The maximum absolute atomic E-state index is 8.91. The molecule has 0 atom stereocenters. The summed E-state index contributed by atoms with van der Waals surface area (Å²) >= 11 is 5.98. The molecule has 102 valence electrons. The molecule has 3 nitrogen and oxygen atoms in total. The summed E-state index contributed by atoms with van der Waals surface area (Å²) in [6.45, 7) is 2.27. The third-order valence-electron chi connectivity index (χ3n) is 2.94. The Bertz CT molecular complexity index is 660. The lowest BCUT2D eigenvalue weighted by Gasteiger charge is -2.12. The number of hydrogen-bond acceptors (Lipinski definition) is 3. The summed E-state index contributed by atoms with van der Waals surface area (Å²) in [5.74, 6) is 1.41. The highest BCUT2D eigenvalue weighted by atomic mass is 35.5. The van der Waals surface area contributed by atoms with Gasteiger partial charge in [0.1, 0.15) is 18.1 Å². The van der Waals surface area contributed by atoms with E-state index in [1.165, 1.54) is 0 Å². The maximum atomic E-state index is 8.91. The number of benzene rings is 2. The zero-order valence-electron chi connectivity index (χ0n) is 11.3. The van der Waals surface area contributed by atoms with Crippen molar-refractivity contribution in [2.75, 3.05) is 7.11 Å². The van der Waals surface area contributed by atoms with Crippen LogP contribution >= 0.6 is 11.6 Å². The van der Waals surface area contributed by atoms with Gasteiger partial charge in [-0.05, 0) is 42.8 Å². The highest BCUT2D eigenvalue weighted by Gasteiger charge is 2.07. The number of ether oxygens (including phenoxy) is 2. The van der Waals surface area contributed by atoms with Crippen molar-refractivity contribution in [3.63, 3.8) is 0 Å². The van der Waals surface area contributed by atoms with E-state index in [9.17, 15) is 0 Å². The molecule has 0 N–H and O–H groups in total. The smallest absolute Gasteiger partial charge is 0.125 e. The normalized spacial score (nSPS) is 9.90. The lowest BCUT2D eigenvalue weighted by atomic mass is 10.1. The summed E-state index contributed by atoms with van der Waals surface area (Å²) in [6, 6.07) is 12.8. The van der Waals surface area contributed by atoms with Gasteiger partial charge in [0.25, 0.3) is 0 Å². The molecule has 0 saturated carbocycles. The molecular formula is C16H14ClNO2. The van der Waals surface area contributed by atoms with Gasteiger partial charge >= 0.3 is 0 Å². The van der Waals surface area contributed by atoms with E-state index >= 15 is 0 Å². The molecular weight excluding hydrogens is 274 g/mol. The first-order chi connectivity index (χ1) is 9.63. The van der Waals surface area contributed by atoms with Gasteiger partial charge in [-0.2, -0.15) is 5.26 Å². The van der Waals surface area contributed by atoms with Crippen LogP contribution in [0.25, 0.3) is 0 Å². The molecule has 0 aliphatic carbocycles. The largest absolute Gasteiger partial charge is 0.496 e. The molecule has 0 unspecified atom stereocenters. The summed E-state index contributed by atoms with van der Waals surface area (Å²) in [4.78, 5) is 0. The van der Waals surface area contributed by atoms with Crippen molar-refractivity contribution in [1.29, 1.82) is 5.26 Å². The van der Waals surface area contributed by atoms with Crippen LogP contribution in [-0.4, -0.2) is 7.11 Å². The average Bonchev–Trinajstić information content (AvgIpc) is 2.46. The quantitative estimate of drug-likeness (QED) is 0.850. The average molecular weight is 288 g/mol. The fraction of sp³-hybridized carbons (Fsp3) is 0.188. The SMILES string of the molecule is COc1ccc(Cl)cc1COc1cc(C#N)ccc1C. The van der Waals surface area contributed by atoms with Gasteiger partial charge in [0.15, 0.2) is 0 Å². The monoisotopic (exact) mass is 287 g/mol. The van der Waals surface area contributed by atoms with E-state index in [0.29, 0.717) is 22.9 Å². The number of hydrogen-bond donors (Lipinski definition) is 0. The molecule has 0 amide bonds. The van der Waals surface area contributed by atoms with Crippen LogP contribution in [-0.2, 0) is 6.61 Å². The summed E-state index contributed by atoms with van der Waals surface area (Å²) < 4.78 is 11.0. The van der Waals surface area contributed by atoms with Crippen LogP contribution < -0.4 is 9.47 Å². The predicted molar refractivity (Wildman–Crippen MR) is 78.2 cm³/mol. The first-order valence-corrected chi connectivity index (χ1v) is 6.48. The van der Waals surface area contributed by atoms with E-state index in [1.54, 1.807) is 31.4 Å². The number of methoxy groups -OCH3 is 1. The van der Waals surface area contributed by atoms with Gasteiger partial charge in [-0.3, -0.25) is 0 Å². The maximum Gasteiger partial charge on any atom is 0.125 e. The van der Waals surface area contributed by atoms with Gasteiger partial charge in [-0.1, -0.05) is 17.7 Å². The lowest BCUT2D eigenvalue weighted by molar-refractivity contribution is 0.295. The fourth-order valence-electron chi connectivity index (χ4n) is 1.84. The van der Waals surface area contributed by atoms with Crippen molar-refractivity contribution in [3.05, 3.63) is 58.1 Å². The topological polar surface area (TPSA) is 42.2 Å². The van der Waals surface area contributed by atoms with Crippen molar-refractivity contribution in [3.8, 4) is 17.6 Å². The predicted octanol–water partition coefficient (Wildman–Crippen LogP) is 4.11. The van der Waals surface area contributed by atoms with Gasteiger partial charge in [-0.25, -0.2) is 0 Å². The second-order valence-corrected chi connectivity index (χ2v) is 4.77. The Morgan fingerprint density at radius 1 is 1.15 bits per heavy atom. The van der Waals surface area contributed by atoms with Crippen LogP contribution in [0.3, 0.4) is 0 Å². The lowest BCUT2D eigenvalue weighted by Crippen LogP contribution is -2.00. The van der Waals surface area contributed by atoms with Crippen molar-refractivity contribution in [2.24, 2.45) is 0 Å². The number of halogens is 1. The van der Waals surface area contributed by atoms with Crippen LogP contribution in [0.15, 0.2) is 36.4 Å². The molecule has 0 aliphatic rings. The van der Waals surface area contributed by atoms with Gasteiger partial charge < -0.3 is 9.47 Å². The number of aryl methyl sites for hydroxylation is 1. The standard InChI is InChI=1S/C16H14ClNO2/c1-11-3-4-12(9-18)7-16(11)20-10-13-8-14(17)5-6-15(13)19-2/h3-8H,10H2,1-2H3. The van der Waals surface area contributed by atoms with E-state index in [4.69, 9.17) is 26.3 Å². The molecule has 2 rings (SSSR count). The molecule has 2 aromatic rings. The summed E-state index contributed by atoms with van der Waals surface area (Å²) in [6.07, 6.45) is 0. The fourth-order valence-corrected chi connectivity index (χ4v) is 2.04. The minimum atomic E-state index is 0.333. The van der Waals surface area contributed by atoms with Crippen molar-refractivity contribution in [2.45, 2.75) is 13.5 Å². The van der Waals surface area contributed by atoms with E-state index in [-0.39, 0.29) is 0 Å². The number of nitriles is 1. The Hall–Kier alpha value is -2.18. The molecule has 4 heteroatoms. The van der Waals surface area contributed by atoms with Crippen LogP contribution in [0.4, 0.5) is 0 Å². The highest BCUT2D eigenvalue weighted by molar-refractivity contribution is 6.30. The molecule has 0 aromatic heterocycles. The van der Waals surface area contributed by atoms with Gasteiger partial charge in [-0.15, -0.1) is 0 Å². The van der Waals surface area contributed by atoms with Crippen LogP contribution in [0.2, 0.25) is 5.02 Å². The number of rotatable bonds is 4. The van der Waals surface area contributed by atoms with E-state index in [1.807, 2.05) is 19.1 Å². The van der Waals surface area contributed by atoms with E-state index in [2.05, 4.69) is 6.07 Å². The Labute approximate surface area is 123 Å². The molecule has 0 saturated heterocycles. The molecule has 0 spiro atoms. The van der Waals surface area contributed by atoms with Gasteiger partial charge in [0.2, 0.25) is 0 Å². The third-order valence-corrected chi connectivity index (χ3v) is 3.18. The highest BCUT2D eigenvalue weighted by Crippen LogP contribution is 2.26. The van der Waals surface area contributed by atoms with Crippen molar-refractivity contribution >= 4 is 11.6 Å². The zero-order valence-corrected chi connectivity index (χ0v) is 12.1. The van der Waals surface area contributed by atoms with Crippen LogP contribution in [0.1, 0.15) is 16.7 Å². The second kappa shape index (κ2) is 6.31. The minimum Gasteiger partial charge on any atom is -0.496 e. The molecule has 0 aliphatic heterocycles. The minimum absolute atomic E-state index is 0.333. The summed E-state index contributed by atoms with van der Waals surface area (Å²) in [5, 5.41) is 9.55. The Morgan fingerprint density at radius 3 is 2.65 bits per heavy atom. The third kappa shape index (κ3) is 3.23. The molecule has 2 aromatic carbocycles. The van der Waals surface area contributed by atoms with Crippen molar-refractivity contribution in [1.82, 2.24) is 0 Å². The molecule has 0 fully saturated rings. The Balaban J connectivity index is 2.21. The number of nitrogens with zero attached hydrogens (tertiary/aromatic N) is 1. The van der Waals surface area contributed by atoms with Crippen molar-refractivity contribution < 1.29 is 9.47 Å². The molecule has 0 bridgehead atoms. The summed E-state index contributed by atoms with van der Waals surface area (Å²) in [5.41, 5.74) is 2.41. The molecule has 20 heavy (non-hydrogen) atoms. The second-order valence-electron chi connectivity index (χ2n) is 4.34. The Kier molecular flexibility index (Phi) is 4.49. The van der Waals surface area contributed by atoms with Gasteiger partial charge in [0, 0.05) is 10.6 Å². The molecule has 0 heterocycles. The van der Waals surface area contributed by atoms with Crippen LogP contribution in [0.5, 0.6) is 11.5 Å². The first kappa shape index (κ1) is 14.2. The molecule has 0 radical (unpaired) electrons. The van der Waals surface area contributed by atoms with Gasteiger partial charge in [0.05, 0.1) is 18.7 Å². The zero-order chi connectivity index (χ0) is 14.5.